The van der Waals surface area contributed by atoms with Crippen LogP contribution in [0.25, 0.3) is 10.8 Å². The van der Waals surface area contributed by atoms with Gasteiger partial charge in [0.05, 0.1) is 12.7 Å². The SMILES string of the molecule is C=COC(=O)Cc1cccc2ccccc12. The monoisotopic (exact) mass is 212 g/mol. The molecule has 2 aromatic rings. The summed E-state index contributed by atoms with van der Waals surface area (Å²) in [5.41, 5.74) is 0.977. The highest BCUT2D eigenvalue weighted by molar-refractivity contribution is 5.89. The zero-order chi connectivity index (χ0) is 11.4. The topological polar surface area (TPSA) is 26.3 Å². The van der Waals surface area contributed by atoms with Gasteiger partial charge < -0.3 is 4.74 Å². The van der Waals surface area contributed by atoms with Crippen molar-refractivity contribution >= 4 is 16.7 Å². The first kappa shape index (κ1) is 10.4. The number of carbonyl (C=O) groups excluding carboxylic acids is 1. The molecular formula is C14H12O2. The van der Waals surface area contributed by atoms with Gasteiger partial charge in [-0.3, -0.25) is 4.79 Å². The fourth-order valence-electron chi connectivity index (χ4n) is 1.74. The van der Waals surface area contributed by atoms with E-state index < -0.39 is 0 Å². The van der Waals surface area contributed by atoms with E-state index in [0.29, 0.717) is 0 Å². The molecule has 0 unspecified atom stereocenters. The van der Waals surface area contributed by atoms with Crippen molar-refractivity contribution in [1.82, 2.24) is 0 Å². The van der Waals surface area contributed by atoms with E-state index in [1.807, 2.05) is 42.5 Å². The molecule has 0 aliphatic heterocycles. The Labute approximate surface area is 94.2 Å². The van der Waals surface area contributed by atoms with Crippen molar-refractivity contribution in [3.05, 3.63) is 60.9 Å². The maximum atomic E-state index is 11.4. The van der Waals surface area contributed by atoms with E-state index in [2.05, 4.69) is 6.58 Å². The summed E-state index contributed by atoms with van der Waals surface area (Å²) < 4.78 is 4.72. The lowest BCUT2D eigenvalue weighted by atomic mass is 10.0. The zero-order valence-electron chi connectivity index (χ0n) is 8.85. The maximum Gasteiger partial charge on any atom is 0.315 e. The van der Waals surface area contributed by atoms with Gasteiger partial charge in [0.2, 0.25) is 0 Å². The van der Waals surface area contributed by atoms with Crippen molar-refractivity contribution in [1.29, 1.82) is 0 Å². The Hall–Kier alpha value is -2.09. The van der Waals surface area contributed by atoms with E-state index in [1.54, 1.807) is 0 Å². The molecule has 0 saturated heterocycles. The van der Waals surface area contributed by atoms with Crippen LogP contribution in [0.15, 0.2) is 55.3 Å². The molecule has 0 N–H and O–H groups in total. The van der Waals surface area contributed by atoms with E-state index in [0.717, 1.165) is 22.6 Å². The molecule has 0 aliphatic rings. The van der Waals surface area contributed by atoms with Crippen molar-refractivity contribution in [2.45, 2.75) is 6.42 Å². The van der Waals surface area contributed by atoms with Crippen molar-refractivity contribution in [3.8, 4) is 0 Å². The molecule has 2 nitrogen and oxygen atoms in total. The number of rotatable bonds is 3. The molecule has 2 heteroatoms. The van der Waals surface area contributed by atoms with Gasteiger partial charge in [0, 0.05) is 0 Å². The van der Waals surface area contributed by atoms with Gasteiger partial charge >= 0.3 is 5.97 Å². The van der Waals surface area contributed by atoms with Gasteiger partial charge in [0.25, 0.3) is 0 Å². The molecule has 0 aliphatic carbocycles. The average Bonchev–Trinajstić information content (AvgIpc) is 2.30. The summed E-state index contributed by atoms with van der Waals surface area (Å²) in [7, 11) is 0. The van der Waals surface area contributed by atoms with Crippen LogP contribution < -0.4 is 0 Å². The normalized spacial score (nSPS) is 10.0. The Bertz CT molecular complexity index is 524. The Balaban J connectivity index is 2.37. The molecule has 0 spiro atoms. The van der Waals surface area contributed by atoms with Crippen LogP contribution in [0, 0.1) is 0 Å². The van der Waals surface area contributed by atoms with Crippen molar-refractivity contribution in [2.24, 2.45) is 0 Å². The summed E-state index contributed by atoms with van der Waals surface area (Å²) in [4.78, 5) is 11.4. The number of hydrogen-bond acceptors (Lipinski definition) is 2. The number of ether oxygens (including phenoxy) is 1. The summed E-state index contributed by atoms with van der Waals surface area (Å²) in [6.45, 7) is 3.36. The number of carbonyl (C=O) groups is 1. The second kappa shape index (κ2) is 4.62. The second-order valence-corrected chi connectivity index (χ2v) is 3.47. The van der Waals surface area contributed by atoms with Crippen LogP contribution in [0.3, 0.4) is 0 Å². The minimum atomic E-state index is -0.286. The lowest BCUT2D eigenvalue weighted by Crippen LogP contribution is -2.04. The highest BCUT2D eigenvalue weighted by atomic mass is 16.5. The molecular weight excluding hydrogens is 200 g/mol. The predicted octanol–water partition coefficient (Wildman–Crippen LogP) is 3.07. The Morgan fingerprint density at radius 3 is 2.75 bits per heavy atom. The Morgan fingerprint density at radius 2 is 1.94 bits per heavy atom. The average molecular weight is 212 g/mol. The fourth-order valence-corrected chi connectivity index (χ4v) is 1.74. The minimum Gasteiger partial charge on any atom is -0.435 e. The van der Waals surface area contributed by atoms with Gasteiger partial charge in [0.15, 0.2) is 0 Å². The summed E-state index contributed by atoms with van der Waals surface area (Å²) in [5.74, 6) is -0.286. The standard InChI is InChI=1S/C14H12O2/c1-2-16-14(15)10-12-8-5-7-11-6-3-4-9-13(11)12/h2-9H,1,10H2. The highest BCUT2D eigenvalue weighted by Gasteiger charge is 2.06. The van der Waals surface area contributed by atoms with Gasteiger partial charge in [-0.15, -0.1) is 0 Å². The van der Waals surface area contributed by atoms with Gasteiger partial charge in [-0.25, -0.2) is 0 Å². The van der Waals surface area contributed by atoms with Crippen molar-refractivity contribution < 1.29 is 9.53 Å². The lowest BCUT2D eigenvalue weighted by molar-refractivity contribution is -0.137. The first-order valence-electron chi connectivity index (χ1n) is 5.08. The highest BCUT2D eigenvalue weighted by Crippen LogP contribution is 2.19. The summed E-state index contributed by atoms with van der Waals surface area (Å²) in [6, 6.07) is 13.9. The third-order valence-corrected chi connectivity index (χ3v) is 2.43. The van der Waals surface area contributed by atoms with Crippen LogP contribution in [0.5, 0.6) is 0 Å². The molecule has 0 saturated carbocycles. The zero-order valence-corrected chi connectivity index (χ0v) is 8.85. The smallest absolute Gasteiger partial charge is 0.315 e. The summed E-state index contributed by atoms with van der Waals surface area (Å²) >= 11 is 0. The fraction of sp³-hybridized carbons (Fsp3) is 0.0714. The van der Waals surface area contributed by atoms with Crippen LogP contribution in [0.4, 0.5) is 0 Å². The van der Waals surface area contributed by atoms with Crippen LogP contribution in [-0.4, -0.2) is 5.97 Å². The minimum absolute atomic E-state index is 0.271. The third-order valence-electron chi connectivity index (χ3n) is 2.43. The van der Waals surface area contributed by atoms with E-state index in [1.165, 1.54) is 0 Å². The number of hydrogen-bond donors (Lipinski definition) is 0. The van der Waals surface area contributed by atoms with Crippen LogP contribution in [0.2, 0.25) is 0 Å². The van der Waals surface area contributed by atoms with E-state index >= 15 is 0 Å². The molecule has 16 heavy (non-hydrogen) atoms. The predicted molar refractivity (Wildman–Crippen MR) is 63.9 cm³/mol. The summed E-state index contributed by atoms with van der Waals surface area (Å²) in [5, 5.41) is 2.22. The van der Waals surface area contributed by atoms with Crippen molar-refractivity contribution in [2.75, 3.05) is 0 Å². The molecule has 0 aromatic heterocycles. The van der Waals surface area contributed by atoms with Gasteiger partial charge in [0.1, 0.15) is 0 Å². The molecule has 0 atom stereocenters. The number of esters is 1. The molecule has 0 radical (unpaired) electrons. The van der Waals surface area contributed by atoms with Crippen LogP contribution in [0.1, 0.15) is 5.56 Å². The Morgan fingerprint density at radius 1 is 1.19 bits per heavy atom. The first-order chi connectivity index (χ1) is 7.81. The maximum absolute atomic E-state index is 11.4. The molecule has 2 aromatic carbocycles. The molecule has 80 valence electrons. The van der Waals surface area contributed by atoms with Crippen molar-refractivity contribution in [3.63, 3.8) is 0 Å². The van der Waals surface area contributed by atoms with Gasteiger partial charge in [-0.05, 0) is 16.3 Å². The molecule has 0 heterocycles. The van der Waals surface area contributed by atoms with Gasteiger partial charge in [-0.2, -0.15) is 0 Å². The van der Waals surface area contributed by atoms with Gasteiger partial charge in [-0.1, -0.05) is 49.0 Å². The van der Waals surface area contributed by atoms with E-state index in [4.69, 9.17) is 4.74 Å². The molecule has 2 rings (SSSR count). The quantitative estimate of drug-likeness (QED) is 0.577. The van der Waals surface area contributed by atoms with Crippen LogP contribution in [-0.2, 0) is 16.0 Å². The molecule has 0 amide bonds. The van der Waals surface area contributed by atoms with E-state index in [9.17, 15) is 4.79 Å². The number of benzene rings is 2. The first-order valence-corrected chi connectivity index (χ1v) is 5.08. The lowest BCUT2D eigenvalue weighted by Gasteiger charge is -2.04. The number of fused-ring (bicyclic) bond motifs is 1. The Kier molecular flexibility index (Phi) is 3.01. The second-order valence-electron chi connectivity index (χ2n) is 3.47. The third kappa shape index (κ3) is 2.11. The van der Waals surface area contributed by atoms with E-state index in [-0.39, 0.29) is 12.4 Å². The molecule has 0 fully saturated rings. The summed E-state index contributed by atoms with van der Waals surface area (Å²) in [6.07, 6.45) is 1.43. The van der Waals surface area contributed by atoms with Crippen LogP contribution >= 0.6 is 0 Å². The molecule has 0 bridgehead atoms. The largest absolute Gasteiger partial charge is 0.435 e.